The Morgan fingerprint density at radius 2 is 1.90 bits per heavy atom. The van der Waals surface area contributed by atoms with Crippen molar-refractivity contribution < 1.29 is 0 Å². The van der Waals surface area contributed by atoms with Crippen LogP contribution in [0.3, 0.4) is 0 Å². The highest BCUT2D eigenvalue weighted by molar-refractivity contribution is 6.29. The van der Waals surface area contributed by atoms with Gasteiger partial charge >= 0.3 is 0 Å². The molecule has 0 unspecified atom stereocenters. The van der Waals surface area contributed by atoms with Gasteiger partial charge in [-0.15, -0.1) is 0 Å². The third-order valence-corrected chi connectivity index (χ3v) is 2.97. The van der Waals surface area contributed by atoms with Gasteiger partial charge in [0.1, 0.15) is 11.0 Å². The van der Waals surface area contributed by atoms with Crippen molar-refractivity contribution in [2.45, 2.75) is 6.54 Å². The maximum atomic E-state index is 8.94. The standard InChI is InChI=1S/C15H11ClN4/c1-20(10-12-4-2-3-11(5-12)8-17)15-7-13(9-18)6-14(16)19-15/h2-7H,10H2,1H3. The lowest BCUT2D eigenvalue weighted by atomic mass is 10.1. The van der Waals surface area contributed by atoms with Crippen LogP contribution in [0.4, 0.5) is 5.82 Å². The van der Waals surface area contributed by atoms with Crippen molar-refractivity contribution in [3.05, 3.63) is 58.2 Å². The SMILES string of the molecule is CN(Cc1cccc(C#N)c1)c1cc(C#N)cc(Cl)n1. The second-order valence-electron chi connectivity index (χ2n) is 4.32. The lowest BCUT2D eigenvalue weighted by molar-refractivity contribution is 0.897. The van der Waals surface area contributed by atoms with Crippen molar-refractivity contribution in [1.82, 2.24) is 4.98 Å². The molecule has 0 aliphatic heterocycles. The molecule has 0 spiro atoms. The molecule has 0 bridgehead atoms. The average molecular weight is 283 g/mol. The zero-order valence-corrected chi connectivity index (χ0v) is 11.6. The quantitative estimate of drug-likeness (QED) is 0.812. The molecule has 0 aliphatic rings. The Kier molecular flexibility index (Phi) is 4.20. The van der Waals surface area contributed by atoms with E-state index in [1.165, 1.54) is 6.07 Å². The molecular formula is C15H11ClN4. The van der Waals surface area contributed by atoms with Crippen molar-refractivity contribution in [2.75, 3.05) is 11.9 Å². The van der Waals surface area contributed by atoms with Gasteiger partial charge in [0.2, 0.25) is 0 Å². The molecule has 1 aromatic heterocycles. The molecule has 0 saturated heterocycles. The molecular weight excluding hydrogens is 272 g/mol. The predicted molar refractivity (Wildman–Crippen MR) is 77.2 cm³/mol. The third-order valence-electron chi connectivity index (χ3n) is 2.78. The summed E-state index contributed by atoms with van der Waals surface area (Å²) >= 11 is 5.89. The summed E-state index contributed by atoms with van der Waals surface area (Å²) in [6.45, 7) is 0.577. The van der Waals surface area contributed by atoms with E-state index in [0.717, 1.165) is 5.56 Å². The molecule has 0 fully saturated rings. The number of hydrogen-bond acceptors (Lipinski definition) is 4. The van der Waals surface area contributed by atoms with E-state index in [4.69, 9.17) is 22.1 Å². The number of rotatable bonds is 3. The predicted octanol–water partition coefficient (Wildman–Crippen LogP) is 3.11. The Hall–Kier alpha value is -2.56. The molecule has 4 nitrogen and oxygen atoms in total. The molecule has 0 saturated carbocycles. The molecule has 5 heteroatoms. The minimum absolute atomic E-state index is 0.289. The van der Waals surface area contributed by atoms with Gasteiger partial charge < -0.3 is 4.90 Å². The summed E-state index contributed by atoms with van der Waals surface area (Å²) in [5.74, 6) is 0.622. The monoisotopic (exact) mass is 282 g/mol. The van der Waals surface area contributed by atoms with Crippen molar-refractivity contribution in [3.63, 3.8) is 0 Å². The first-order valence-corrected chi connectivity index (χ1v) is 6.28. The van der Waals surface area contributed by atoms with E-state index in [1.54, 1.807) is 12.1 Å². The van der Waals surface area contributed by atoms with Crippen LogP contribution in [-0.2, 0) is 6.54 Å². The Balaban J connectivity index is 2.24. The second kappa shape index (κ2) is 6.06. The van der Waals surface area contributed by atoms with Crippen molar-refractivity contribution in [2.24, 2.45) is 0 Å². The minimum Gasteiger partial charge on any atom is -0.355 e. The summed E-state index contributed by atoms with van der Waals surface area (Å²) in [6, 6.07) is 14.7. The normalized spacial score (nSPS) is 9.60. The number of aromatic nitrogens is 1. The van der Waals surface area contributed by atoms with Crippen LogP contribution in [0.1, 0.15) is 16.7 Å². The van der Waals surface area contributed by atoms with Gasteiger partial charge in [0, 0.05) is 13.6 Å². The van der Waals surface area contributed by atoms with Gasteiger partial charge in [-0.25, -0.2) is 4.98 Å². The van der Waals surface area contributed by atoms with E-state index in [1.807, 2.05) is 30.1 Å². The number of benzene rings is 1. The summed E-state index contributed by atoms with van der Waals surface area (Å²) in [4.78, 5) is 6.07. The maximum Gasteiger partial charge on any atom is 0.132 e. The van der Waals surface area contributed by atoms with E-state index in [2.05, 4.69) is 17.1 Å². The van der Waals surface area contributed by atoms with Gasteiger partial charge in [0.25, 0.3) is 0 Å². The Morgan fingerprint density at radius 1 is 1.15 bits per heavy atom. The average Bonchev–Trinajstić information content (AvgIpc) is 2.46. The number of nitriles is 2. The van der Waals surface area contributed by atoms with E-state index >= 15 is 0 Å². The number of anilines is 1. The summed E-state index contributed by atoms with van der Waals surface area (Å²) in [7, 11) is 1.86. The van der Waals surface area contributed by atoms with Gasteiger partial charge in [-0.05, 0) is 29.8 Å². The highest BCUT2D eigenvalue weighted by Gasteiger charge is 2.07. The van der Waals surface area contributed by atoms with Crippen molar-refractivity contribution in [3.8, 4) is 12.1 Å². The molecule has 20 heavy (non-hydrogen) atoms. The molecule has 98 valence electrons. The van der Waals surface area contributed by atoms with Crippen LogP contribution in [0.25, 0.3) is 0 Å². The first kappa shape index (κ1) is 13.9. The number of halogens is 1. The lowest BCUT2D eigenvalue weighted by Gasteiger charge is -2.18. The van der Waals surface area contributed by atoms with Gasteiger partial charge in [0.05, 0.1) is 23.3 Å². The van der Waals surface area contributed by atoms with Gasteiger partial charge in [-0.1, -0.05) is 23.7 Å². The van der Waals surface area contributed by atoms with Crippen molar-refractivity contribution >= 4 is 17.4 Å². The topological polar surface area (TPSA) is 63.7 Å². The first-order chi connectivity index (χ1) is 9.62. The van der Waals surface area contributed by atoms with E-state index < -0.39 is 0 Å². The zero-order valence-electron chi connectivity index (χ0n) is 10.8. The first-order valence-electron chi connectivity index (χ1n) is 5.90. The molecule has 2 rings (SSSR count). The maximum absolute atomic E-state index is 8.94. The van der Waals surface area contributed by atoms with Crippen LogP contribution >= 0.6 is 11.6 Å². The fraction of sp³-hybridized carbons (Fsp3) is 0.133. The summed E-state index contributed by atoms with van der Waals surface area (Å²) in [6.07, 6.45) is 0. The summed E-state index contributed by atoms with van der Waals surface area (Å²) in [5.41, 5.74) is 2.08. The zero-order chi connectivity index (χ0) is 14.5. The molecule has 2 aromatic rings. The number of pyridine rings is 1. The fourth-order valence-electron chi connectivity index (χ4n) is 1.84. The Morgan fingerprint density at radius 3 is 2.60 bits per heavy atom. The van der Waals surface area contributed by atoms with E-state index in [0.29, 0.717) is 23.5 Å². The van der Waals surface area contributed by atoms with Crippen molar-refractivity contribution in [1.29, 1.82) is 10.5 Å². The van der Waals surface area contributed by atoms with E-state index in [-0.39, 0.29) is 5.15 Å². The van der Waals surface area contributed by atoms with Crippen LogP contribution in [0.2, 0.25) is 5.15 Å². The van der Waals surface area contributed by atoms with Crippen LogP contribution in [0.5, 0.6) is 0 Å². The Bertz CT molecular complexity index is 713. The van der Waals surface area contributed by atoms with E-state index in [9.17, 15) is 0 Å². The molecule has 0 N–H and O–H groups in total. The number of nitrogens with zero attached hydrogens (tertiary/aromatic N) is 4. The molecule has 0 amide bonds. The lowest BCUT2D eigenvalue weighted by Crippen LogP contribution is -2.18. The summed E-state index contributed by atoms with van der Waals surface area (Å²) in [5, 5.41) is 18.1. The Labute approximate surface area is 122 Å². The third kappa shape index (κ3) is 3.26. The highest BCUT2D eigenvalue weighted by atomic mass is 35.5. The van der Waals surface area contributed by atoms with Crippen LogP contribution < -0.4 is 4.90 Å². The molecule has 0 atom stereocenters. The molecule has 1 aromatic carbocycles. The highest BCUT2D eigenvalue weighted by Crippen LogP contribution is 2.18. The van der Waals surface area contributed by atoms with Crippen LogP contribution in [0.15, 0.2) is 36.4 Å². The van der Waals surface area contributed by atoms with Gasteiger partial charge in [-0.2, -0.15) is 10.5 Å². The molecule has 0 radical (unpaired) electrons. The molecule has 0 aliphatic carbocycles. The smallest absolute Gasteiger partial charge is 0.132 e. The fourth-order valence-corrected chi connectivity index (χ4v) is 2.04. The van der Waals surface area contributed by atoms with Gasteiger partial charge in [0.15, 0.2) is 0 Å². The number of hydrogen-bond donors (Lipinski definition) is 0. The largest absolute Gasteiger partial charge is 0.355 e. The summed E-state index contributed by atoms with van der Waals surface area (Å²) < 4.78 is 0. The molecule has 1 heterocycles. The second-order valence-corrected chi connectivity index (χ2v) is 4.70. The van der Waals surface area contributed by atoms with Crippen LogP contribution in [0, 0.1) is 22.7 Å². The van der Waals surface area contributed by atoms with Gasteiger partial charge in [-0.3, -0.25) is 0 Å². The van der Waals surface area contributed by atoms with Crippen LogP contribution in [-0.4, -0.2) is 12.0 Å². The minimum atomic E-state index is 0.289.